The van der Waals surface area contributed by atoms with Crippen LogP contribution < -0.4 is 15.3 Å². The number of nitrogens with zero attached hydrogens (tertiary/aromatic N) is 2. The largest absolute Gasteiger partial charge is 0.707 e. The minimum atomic E-state index is -4.63. The molecule has 0 aliphatic heterocycles. The Morgan fingerprint density at radius 1 is 1.38 bits per heavy atom. The summed E-state index contributed by atoms with van der Waals surface area (Å²) in [5, 5.41) is 23.6. The Bertz CT molecular complexity index is 785. The summed E-state index contributed by atoms with van der Waals surface area (Å²) in [6.45, 7) is 3.48. The smallest absolute Gasteiger partial charge is 0.510 e. The molecule has 0 unspecified atom stereocenters. The number of amides is 2. The molecule has 0 bridgehead atoms. The standard InChI is InChI=1S/C13H14BF3N4O4S/c1-6(2)19-12(22)21-10-3-7(8(4-18-10)25-14(23)24)11-20-9(5-26-11)13(15,16)17/h3-6,23-24H,1-2H3,(H2,18,19,21,22). The number of carbonyl (C=O) groups excluding carboxylic acids is 1. The van der Waals surface area contributed by atoms with Crippen LogP contribution in [0.4, 0.5) is 23.8 Å². The fourth-order valence-corrected chi connectivity index (χ4v) is 2.68. The van der Waals surface area contributed by atoms with Gasteiger partial charge in [-0.15, -0.1) is 11.3 Å². The molecule has 0 saturated heterocycles. The van der Waals surface area contributed by atoms with Crippen LogP contribution in [0.1, 0.15) is 19.5 Å². The molecular weight excluding hydrogens is 376 g/mol. The van der Waals surface area contributed by atoms with Crippen LogP contribution in [0.25, 0.3) is 10.6 Å². The van der Waals surface area contributed by atoms with Crippen LogP contribution in [0.5, 0.6) is 5.75 Å². The van der Waals surface area contributed by atoms with Gasteiger partial charge < -0.3 is 20.0 Å². The van der Waals surface area contributed by atoms with Crippen molar-refractivity contribution in [2.24, 2.45) is 0 Å². The fraction of sp³-hybridized carbons (Fsp3) is 0.308. The minimum absolute atomic E-state index is 0.00782. The van der Waals surface area contributed by atoms with Crippen LogP contribution in [0.3, 0.4) is 0 Å². The van der Waals surface area contributed by atoms with Gasteiger partial charge in [0.2, 0.25) is 0 Å². The molecule has 13 heteroatoms. The van der Waals surface area contributed by atoms with E-state index in [4.69, 9.17) is 14.7 Å². The molecule has 0 aliphatic carbocycles. The Morgan fingerprint density at radius 2 is 2.08 bits per heavy atom. The van der Waals surface area contributed by atoms with E-state index in [0.717, 1.165) is 11.6 Å². The van der Waals surface area contributed by atoms with Gasteiger partial charge >= 0.3 is 19.5 Å². The molecule has 4 N–H and O–H groups in total. The first-order valence-corrected chi connectivity index (χ1v) is 8.07. The summed E-state index contributed by atoms with van der Waals surface area (Å²) in [5.74, 6) is -0.195. The van der Waals surface area contributed by atoms with Gasteiger partial charge in [-0.05, 0) is 19.9 Å². The lowest BCUT2D eigenvalue weighted by atomic mass is 10.2. The van der Waals surface area contributed by atoms with Gasteiger partial charge in [-0.25, -0.2) is 14.8 Å². The van der Waals surface area contributed by atoms with E-state index < -0.39 is 25.2 Å². The Kier molecular flexibility index (Phi) is 6.05. The number of alkyl halides is 3. The quantitative estimate of drug-likeness (QED) is 0.581. The molecule has 0 saturated carbocycles. The van der Waals surface area contributed by atoms with Crippen molar-refractivity contribution in [2.45, 2.75) is 26.1 Å². The Morgan fingerprint density at radius 3 is 2.62 bits per heavy atom. The molecule has 2 aromatic heterocycles. The van der Waals surface area contributed by atoms with Gasteiger partial charge in [-0.3, -0.25) is 5.32 Å². The Balaban J connectivity index is 2.38. The normalized spacial score (nSPS) is 11.4. The topological polar surface area (TPSA) is 117 Å². The zero-order valence-electron chi connectivity index (χ0n) is 13.5. The Hall–Kier alpha value is -2.38. The van der Waals surface area contributed by atoms with Crippen molar-refractivity contribution in [3.8, 4) is 16.3 Å². The number of anilines is 1. The molecule has 0 atom stereocenters. The van der Waals surface area contributed by atoms with Crippen molar-refractivity contribution in [3.63, 3.8) is 0 Å². The van der Waals surface area contributed by atoms with Crippen LogP contribution in [0.15, 0.2) is 17.6 Å². The zero-order chi connectivity index (χ0) is 19.5. The number of urea groups is 1. The molecule has 26 heavy (non-hydrogen) atoms. The molecule has 0 radical (unpaired) electrons. The van der Waals surface area contributed by atoms with Gasteiger partial charge in [0, 0.05) is 11.4 Å². The molecule has 0 aromatic carbocycles. The van der Waals surface area contributed by atoms with Gasteiger partial charge in [0.25, 0.3) is 0 Å². The molecule has 0 fully saturated rings. The first-order valence-electron chi connectivity index (χ1n) is 7.19. The number of aromatic nitrogens is 2. The molecule has 2 heterocycles. The average molecular weight is 390 g/mol. The van der Waals surface area contributed by atoms with Crippen LogP contribution >= 0.6 is 11.3 Å². The third kappa shape index (κ3) is 5.31. The summed E-state index contributed by atoms with van der Waals surface area (Å²) in [7, 11) is -2.21. The predicted molar refractivity (Wildman–Crippen MR) is 88.5 cm³/mol. The van der Waals surface area contributed by atoms with Crippen LogP contribution in [0.2, 0.25) is 0 Å². The predicted octanol–water partition coefficient (Wildman–Crippen LogP) is 2.10. The number of nitrogens with one attached hydrogen (secondary N) is 2. The molecule has 2 rings (SSSR count). The Labute approximate surface area is 150 Å². The lowest BCUT2D eigenvalue weighted by Crippen LogP contribution is -2.34. The molecule has 0 spiro atoms. The van der Waals surface area contributed by atoms with Gasteiger partial charge in [0.1, 0.15) is 16.6 Å². The second-order valence-electron chi connectivity index (χ2n) is 5.30. The SMILES string of the molecule is CC(C)NC(=O)Nc1cc(-c2nc(C(F)(F)F)cs2)c(OB(O)O)cn1. The summed E-state index contributed by atoms with van der Waals surface area (Å²) in [4.78, 5) is 19.1. The summed E-state index contributed by atoms with van der Waals surface area (Å²) >= 11 is 0.679. The van der Waals surface area contributed by atoms with E-state index in [0.29, 0.717) is 11.3 Å². The number of carbonyl (C=O) groups is 1. The number of pyridine rings is 1. The van der Waals surface area contributed by atoms with Crippen molar-refractivity contribution in [3.05, 3.63) is 23.3 Å². The number of halogens is 3. The summed E-state index contributed by atoms with van der Waals surface area (Å²) < 4.78 is 43.0. The molecule has 140 valence electrons. The number of hydrogen-bond donors (Lipinski definition) is 4. The first-order chi connectivity index (χ1) is 12.1. The lowest BCUT2D eigenvalue weighted by molar-refractivity contribution is -0.140. The van der Waals surface area contributed by atoms with Crippen molar-refractivity contribution < 1.29 is 32.7 Å². The molecule has 2 amide bonds. The van der Waals surface area contributed by atoms with Crippen LogP contribution in [-0.2, 0) is 6.18 Å². The maximum absolute atomic E-state index is 12.8. The van der Waals surface area contributed by atoms with Crippen LogP contribution in [-0.4, -0.2) is 39.4 Å². The van der Waals surface area contributed by atoms with Gasteiger partial charge in [-0.2, -0.15) is 13.2 Å². The number of rotatable bonds is 5. The monoisotopic (exact) mass is 390 g/mol. The van der Waals surface area contributed by atoms with Gasteiger partial charge in [-0.1, -0.05) is 0 Å². The van der Waals surface area contributed by atoms with Gasteiger partial charge in [0.05, 0.1) is 11.8 Å². The average Bonchev–Trinajstić information content (AvgIpc) is 2.97. The van der Waals surface area contributed by atoms with Gasteiger partial charge in [0.15, 0.2) is 5.69 Å². The van der Waals surface area contributed by atoms with E-state index in [1.807, 2.05) is 0 Å². The zero-order valence-corrected chi connectivity index (χ0v) is 14.4. The molecule has 0 aliphatic rings. The highest BCUT2D eigenvalue weighted by Gasteiger charge is 2.34. The number of hydrogen-bond acceptors (Lipinski definition) is 7. The molecule has 2 aromatic rings. The third-order valence-corrected chi connectivity index (χ3v) is 3.66. The summed E-state index contributed by atoms with van der Waals surface area (Å²) in [5.41, 5.74) is -1.09. The third-order valence-electron chi connectivity index (χ3n) is 2.79. The minimum Gasteiger partial charge on any atom is -0.510 e. The summed E-state index contributed by atoms with van der Waals surface area (Å²) in [6, 6.07) is 0.510. The molecular formula is C13H14BF3N4O4S. The van der Waals surface area contributed by atoms with E-state index in [9.17, 15) is 18.0 Å². The van der Waals surface area contributed by atoms with E-state index in [-0.39, 0.29) is 28.2 Å². The van der Waals surface area contributed by atoms with E-state index in [1.165, 1.54) is 6.07 Å². The first kappa shape index (κ1) is 19.9. The second-order valence-corrected chi connectivity index (χ2v) is 6.16. The van der Waals surface area contributed by atoms with E-state index in [2.05, 4.69) is 20.6 Å². The summed E-state index contributed by atoms with van der Waals surface area (Å²) in [6.07, 6.45) is -3.59. The highest BCUT2D eigenvalue weighted by atomic mass is 32.1. The van der Waals surface area contributed by atoms with Crippen molar-refractivity contribution in [2.75, 3.05) is 5.32 Å². The van der Waals surface area contributed by atoms with Crippen molar-refractivity contribution >= 4 is 30.5 Å². The highest BCUT2D eigenvalue weighted by Crippen LogP contribution is 2.37. The lowest BCUT2D eigenvalue weighted by Gasteiger charge is -2.13. The molecule has 8 nitrogen and oxygen atoms in total. The highest BCUT2D eigenvalue weighted by molar-refractivity contribution is 7.13. The number of thiazole rings is 1. The van der Waals surface area contributed by atoms with Crippen molar-refractivity contribution in [1.82, 2.24) is 15.3 Å². The second kappa shape index (κ2) is 7.89. The fourth-order valence-electron chi connectivity index (χ4n) is 1.83. The maximum atomic E-state index is 12.8. The van der Waals surface area contributed by atoms with E-state index >= 15 is 0 Å². The van der Waals surface area contributed by atoms with Crippen molar-refractivity contribution in [1.29, 1.82) is 0 Å². The maximum Gasteiger partial charge on any atom is 0.707 e. The van der Waals surface area contributed by atoms with Crippen LogP contribution in [0, 0.1) is 0 Å². The van der Waals surface area contributed by atoms with E-state index in [1.54, 1.807) is 13.8 Å².